The van der Waals surface area contributed by atoms with Gasteiger partial charge in [-0.05, 0) is 18.9 Å². The van der Waals surface area contributed by atoms with Crippen molar-refractivity contribution in [2.24, 2.45) is 0 Å². The molecule has 1 amide bonds. The maximum absolute atomic E-state index is 11.5. The molecule has 0 saturated heterocycles. The minimum Gasteiger partial charge on any atom is -0.355 e. The lowest BCUT2D eigenvalue weighted by Gasteiger charge is -2.13. The zero-order valence-corrected chi connectivity index (χ0v) is 10.7. The largest absolute Gasteiger partial charge is 0.355 e. The van der Waals surface area contributed by atoms with Crippen LogP contribution in [0.3, 0.4) is 0 Å². The second kappa shape index (κ2) is 7.85. The van der Waals surface area contributed by atoms with Gasteiger partial charge in [0.2, 0.25) is 5.91 Å². The summed E-state index contributed by atoms with van der Waals surface area (Å²) in [6.07, 6.45) is 2.15. The van der Waals surface area contributed by atoms with Gasteiger partial charge in [0, 0.05) is 12.6 Å². The van der Waals surface area contributed by atoms with Crippen LogP contribution in [-0.2, 0) is 4.79 Å². The third-order valence-corrected chi connectivity index (χ3v) is 2.72. The summed E-state index contributed by atoms with van der Waals surface area (Å²) in [4.78, 5) is 11.5. The Morgan fingerprint density at radius 3 is 2.65 bits per heavy atom. The highest BCUT2D eigenvalue weighted by atomic mass is 16.1. The number of carbonyl (C=O) groups excluding carboxylic acids is 1. The molecule has 17 heavy (non-hydrogen) atoms. The van der Waals surface area contributed by atoms with E-state index in [9.17, 15) is 4.79 Å². The van der Waals surface area contributed by atoms with Crippen LogP contribution in [0.25, 0.3) is 0 Å². The molecule has 3 nitrogen and oxygen atoms in total. The number of amides is 1. The summed E-state index contributed by atoms with van der Waals surface area (Å²) in [6.45, 7) is 5.33. The van der Waals surface area contributed by atoms with Crippen molar-refractivity contribution in [3.05, 3.63) is 35.9 Å². The highest BCUT2D eigenvalue weighted by Crippen LogP contribution is 2.10. The van der Waals surface area contributed by atoms with E-state index in [1.165, 1.54) is 5.56 Å². The zero-order chi connectivity index (χ0) is 12.5. The Morgan fingerprint density at radius 2 is 2.00 bits per heavy atom. The molecule has 0 fully saturated rings. The zero-order valence-electron chi connectivity index (χ0n) is 10.7. The van der Waals surface area contributed by atoms with Crippen LogP contribution < -0.4 is 10.6 Å². The van der Waals surface area contributed by atoms with Gasteiger partial charge in [0.1, 0.15) is 0 Å². The number of rotatable bonds is 7. The van der Waals surface area contributed by atoms with Gasteiger partial charge in [-0.3, -0.25) is 4.79 Å². The SMILES string of the molecule is CCCCNC(=O)CN[C@@H](C)c1ccccc1. The van der Waals surface area contributed by atoms with Crippen LogP contribution in [0.5, 0.6) is 0 Å². The molecule has 1 aromatic carbocycles. The fourth-order valence-electron chi connectivity index (χ4n) is 1.57. The van der Waals surface area contributed by atoms with E-state index in [1.54, 1.807) is 0 Å². The smallest absolute Gasteiger partial charge is 0.233 e. The molecular formula is C14H22N2O. The average molecular weight is 234 g/mol. The van der Waals surface area contributed by atoms with Crippen LogP contribution >= 0.6 is 0 Å². The van der Waals surface area contributed by atoms with E-state index in [-0.39, 0.29) is 11.9 Å². The first kappa shape index (κ1) is 13.7. The Labute approximate surface area is 104 Å². The summed E-state index contributed by atoms with van der Waals surface area (Å²) < 4.78 is 0. The van der Waals surface area contributed by atoms with Crippen molar-refractivity contribution >= 4 is 5.91 Å². The molecule has 0 unspecified atom stereocenters. The molecule has 0 aliphatic heterocycles. The fraction of sp³-hybridized carbons (Fsp3) is 0.500. The monoisotopic (exact) mass is 234 g/mol. The number of nitrogens with one attached hydrogen (secondary N) is 2. The summed E-state index contributed by atoms with van der Waals surface area (Å²) in [5, 5.41) is 6.10. The lowest BCUT2D eigenvalue weighted by atomic mass is 10.1. The molecule has 0 saturated carbocycles. The molecular weight excluding hydrogens is 212 g/mol. The first-order valence-electron chi connectivity index (χ1n) is 6.29. The summed E-state index contributed by atoms with van der Waals surface area (Å²) in [5.74, 6) is 0.0706. The van der Waals surface area contributed by atoms with E-state index in [1.807, 2.05) is 18.2 Å². The van der Waals surface area contributed by atoms with E-state index in [4.69, 9.17) is 0 Å². The Hall–Kier alpha value is -1.35. The molecule has 0 bridgehead atoms. The van der Waals surface area contributed by atoms with Crippen molar-refractivity contribution < 1.29 is 4.79 Å². The maximum atomic E-state index is 11.5. The summed E-state index contributed by atoms with van der Waals surface area (Å²) in [7, 11) is 0. The number of hydrogen-bond donors (Lipinski definition) is 2. The molecule has 0 spiro atoms. The van der Waals surface area contributed by atoms with Crippen molar-refractivity contribution in [2.45, 2.75) is 32.7 Å². The number of unbranched alkanes of at least 4 members (excludes halogenated alkanes) is 1. The molecule has 0 aliphatic rings. The third kappa shape index (κ3) is 5.50. The summed E-state index contributed by atoms with van der Waals surface area (Å²) in [6, 6.07) is 10.3. The van der Waals surface area contributed by atoms with Crippen molar-refractivity contribution in [2.75, 3.05) is 13.1 Å². The predicted molar refractivity (Wildman–Crippen MR) is 70.8 cm³/mol. The third-order valence-electron chi connectivity index (χ3n) is 2.72. The highest BCUT2D eigenvalue weighted by Gasteiger charge is 2.06. The molecule has 3 heteroatoms. The van der Waals surface area contributed by atoms with E-state index < -0.39 is 0 Å². The minimum absolute atomic E-state index is 0.0706. The number of carbonyl (C=O) groups is 1. The maximum Gasteiger partial charge on any atom is 0.233 e. The van der Waals surface area contributed by atoms with E-state index >= 15 is 0 Å². The Kier molecular flexibility index (Phi) is 6.33. The van der Waals surface area contributed by atoms with Crippen molar-refractivity contribution in [3.63, 3.8) is 0 Å². The predicted octanol–water partition coefficient (Wildman–Crippen LogP) is 2.25. The van der Waals surface area contributed by atoms with E-state index in [0.29, 0.717) is 6.54 Å². The second-order valence-electron chi connectivity index (χ2n) is 4.22. The van der Waals surface area contributed by atoms with Gasteiger partial charge >= 0.3 is 0 Å². The van der Waals surface area contributed by atoms with Crippen molar-refractivity contribution in [1.82, 2.24) is 10.6 Å². The first-order chi connectivity index (χ1) is 8.24. The van der Waals surface area contributed by atoms with Gasteiger partial charge in [-0.1, -0.05) is 43.7 Å². The van der Waals surface area contributed by atoms with E-state index in [0.717, 1.165) is 19.4 Å². The Balaban J connectivity index is 2.24. The van der Waals surface area contributed by atoms with Crippen LogP contribution in [-0.4, -0.2) is 19.0 Å². The molecule has 0 aromatic heterocycles. The number of benzene rings is 1. The van der Waals surface area contributed by atoms with Gasteiger partial charge in [0.25, 0.3) is 0 Å². The van der Waals surface area contributed by atoms with Gasteiger partial charge in [-0.25, -0.2) is 0 Å². The molecule has 0 radical (unpaired) electrons. The molecule has 2 N–H and O–H groups in total. The molecule has 1 atom stereocenters. The fourth-order valence-corrected chi connectivity index (χ4v) is 1.57. The Bertz CT molecular complexity index is 324. The van der Waals surface area contributed by atoms with Gasteiger partial charge in [-0.2, -0.15) is 0 Å². The minimum atomic E-state index is 0.0706. The standard InChI is InChI=1S/C14H22N2O/c1-3-4-10-15-14(17)11-16-12(2)13-8-6-5-7-9-13/h5-9,12,16H,3-4,10-11H2,1-2H3,(H,15,17)/t12-/m0/s1. The Morgan fingerprint density at radius 1 is 1.29 bits per heavy atom. The van der Waals surface area contributed by atoms with Crippen LogP contribution in [0.2, 0.25) is 0 Å². The van der Waals surface area contributed by atoms with Gasteiger partial charge in [-0.15, -0.1) is 0 Å². The topological polar surface area (TPSA) is 41.1 Å². The molecule has 94 valence electrons. The lowest BCUT2D eigenvalue weighted by molar-refractivity contribution is -0.120. The molecule has 0 heterocycles. The average Bonchev–Trinajstić information content (AvgIpc) is 2.37. The lowest BCUT2D eigenvalue weighted by Crippen LogP contribution is -2.35. The van der Waals surface area contributed by atoms with Crippen LogP contribution in [0.1, 0.15) is 38.3 Å². The number of hydrogen-bond acceptors (Lipinski definition) is 2. The van der Waals surface area contributed by atoms with Gasteiger partial charge in [0.15, 0.2) is 0 Å². The van der Waals surface area contributed by atoms with Gasteiger partial charge in [0.05, 0.1) is 6.54 Å². The van der Waals surface area contributed by atoms with Crippen molar-refractivity contribution in [3.8, 4) is 0 Å². The summed E-state index contributed by atoms with van der Waals surface area (Å²) >= 11 is 0. The normalized spacial score (nSPS) is 12.1. The first-order valence-corrected chi connectivity index (χ1v) is 6.29. The second-order valence-corrected chi connectivity index (χ2v) is 4.22. The van der Waals surface area contributed by atoms with Crippen LogP contribution in [0.15, 0.2) is 30.3 Å². The quantitative estimate of drug-likeness (QED) is 0.710. The van der Waals surface area contributed by atoms with Gasteiger partial charge < -0.3 is 10.6 Å². The van der Waals surface area contributed by atoms with E-state index in [2.05, 4.69) is 36.6 Å². The van der Waals surface area contributed by atoms with Crippen molar-refractivity contribution in [1.29, 1.82) is 0 Å². The molecule has 1 rings (SSSR count). The molecule has 1 aromatic rings. The van der Waals surface area contributed by atoms with Crippen LogP contribution in [0.4, 0.5) is 0 Å². The summed E-state index contributed by atoms with van der Waals surface area (Å²) in [5.41, 5.74) is 1.20. The highest BCUT2D eigenvalue weighted by molar-refractivity contribution is 5.77. The van der Waals surface area contributed by atoms with Crippen LogP contribution in [0, 0.1) is 0 Å². The molecule has 0 aliphatic carbocycles.